The van der Waals surface area contributed by atoms with Gasteiger partial charge in [-0.25, -0.2) is 4.98 Å². The molecule has 2 heterocycles. The molecule has 1 saturated heterocycles. The fourth-order valence-corrected chi connectivity index (χ4v) is 5.68. The van der Waals surface area contributed by atoms with Gasteiger partial charge < -0.3 is 9.64 Å². The molecule has 0 aliphatic carbocycles. The summed E-state index contributed by atoms with van der Waals surface area (Å²) < 4.78 is 45.0. The average Bonchev–Trinajstić information content (AvgIpc) is 3.22. The highest BCUT2D eigenvalue weighted by Crippen LogP contribution is 2.36. The highest BCUT2D eigenvalue weighted by atomic mass is 32.1. The summed E-state index contributed by atoms with van der Waals surface area (Å²) in [6, 6.07) is 12.0. The van der Waals surface area contributed by atoms with E-state index in [9.17, 15) is 18.0 Å². The summed E-state index contributed by atoms with van der Waals surface area (Å²) in [6.07, 6.45) is -2.11. The van der Waals surface area contributed by atoms with Gasteiger partial charge in [0.25, 0.3) is 0 Å². The second-order valence-corrected chi connectivity index (χ2v) is 9.86. The van der Waals surface area contributed by atoms with Gasteiger partial charge in [-0.05, 0) is 42.7 Å². The first-order valence-corrected chi connectivity index (χ1v) is 12.8. The number of aromatic nitrogens is 1. The van der Waals surface area contributed by atoms with Crippen LogP contribution in [0, 0.1) is 0 Å². The summed E-state index contributed by atoms with van der Waals surface area (Å²) >= 11 is 1.33. The van der Waals surface area contributed by atoms with Crippen LogP contribution < -0.4 is 4.90 Å². The second-order valence-electron chi connectivity index (χ2n) is 8.85. The number of anilines is 1. The number of hydrogen-bond acceptors (Lipinski definition) is 6. The van der Waals surface area contributed by atoms with Crippen molar-refractivity contribution in [2.45, 2.75) is 51.9 Å². The topological polar surface area (TPSA) is 45.7 Å². The maximum Gasteiger partial charge on any atom is 0.416 e. The molecule has 0 N–H and O–H groups in total. The van der Waals surface area contributed by atoms with Gasteiger partial charge in [-0.3, -0.25) is 9.69 Å². The molecule has 4 rings (SSSR count). The Hall–Kier alpha value is -2.65. The minimum absolute atomic E-state index is 0.223. The number of carbonyl (C=O) groups excluding carboxylic acids is 1. The Balaban J connectivity index is 1.46. The average molecular weight is 506 g/mol. The largest absolute Gasteiger partial charge is 0.466 e. The molecule has 1 aliphatic heterocycles. The number of piperazine rings is 1. The predicted octanol–water partition coefficient (Wildman–Crippen LogP) is 5.91. The maximum absolute atomic E-state index is 13.1. The van der Waals surface area contributed by atoms with Crippen molar-refractivity contribution in [2.75, 3.05) is 31.1 Å². The molecule has 35 heavy (non-hydrogen) atoms. The number of hydrogen-bond donors (Lipinski definition) is 0. The summed E-state index contributed by atoms with van der Waals surface area (Å²) in [7, 11) is 0. The molecule has 0 amide bonds. The molecule has 1 atom stereocenters. The third-order valence-corrected chi connectivity index (χ3v) is 7.25. The molecule has 1 aromatic heterocycles. The van der Waals surface area contributed by atoms with Gasteiger partial charge in [0, 0.05) is 32.2 Å². The van der Waals surface area contributed by atoms with Gasteiger partial charge in [0.15, 0.2) is 5.13 Å². The van der Waals surface area contributed by atoms with Crippen LogP contribution in [-0.2, 0) is 28.7 Å². The van der Waals surface area contributed by atoms with E-state index in [-0.39, 0.29) is 18.4 Å². The molecular weight excluding hydrogens is 475 g/mol. The number of nitrogens with zero attached hydrogens (tertiary/aromatic N) is 3. The van der Waals surface area contributed by atoms with E-state index < -0.39 is 11.7 Å². The number of rotatable bonds is 8. The summed E-state index contributed by atoms with van der Waals surface area (Å²) in [5.41, 5.74) is 2.06. The molecule has 5 nitrogen and oxygen atoms in total. The zero-order valence-corrected chi connectivity index (χ0v) is 20.8. The number of esters is 1. The van der Waals surface area contributed by atoms with Crippen LogP contribution in [0.1, 0.15) is 43.4 Å². The van der Waals surface area contributed by atoms with Crippen LogP contribution in [0.3, 0.4) is 0 Å². The van der Waals surface area contributed by atoms with Gasteiger partial charge in [-0.2, -0.15) is 13.2 Å². The quantitative estimate of drug-likeness (QED) is 0.356. The lowest BCUT2D eigenvalue weighted by Crippen LogP contribution is -2.52. The molecule has 188 valence electrons. The van der Waals surface area contributed by atoms with Crippen molar-refractivity contribution in [2.24, 2.45) is 0 Å². The van der Waals surface area contributed by atoms with E-state index in [0.717, 1.165) is 61.3 Å². The predicted molar refractivity (Wildman–Crippen MR) is 133 cm³/mol. The number of ether oxygens (including phenoxy) is 1. The summed E-state index contributed by atoms with van der Waals surface area (Å²) in [4.78, 5) is 21.2. The Bertz CT molecular complexity index is 1160. The van der Waals surface area contributed by atoms with Gasteiger partial charge in [0.1, 0.15) is 0 Å². The fraction of sp³-hybridized carbons (Fsp3) is 0.462. The van der Waals surface area contributed by atoms with Crippen molar-refractivity contribution in [3.8, 4) is 0 Å². The van der Waals surface area contributed by atoms with Crippen LogP contribution >= 0.6 is 11.3 Å². The zero-order valence-electron chi connectivity index (χ0n) is 20.0. The Morgan fingerprint density at radius 2 is 1.94 bits per heavy atom. The minimum atomic E-state index is -4.36. The van der Waals surface area contributed by atoms with Crippen molar-refractivity contribution in [1.29, 1.82) is 0 Å². The molecule has 3 aromatic rings. The Kier molecular flexibility index (Phi) is 7.96. The number of alkyl halides is 3. The monoisotopic (exact) mass is 505 g/mol. The molecule has 0 bridgehead atoms. The van der Waals surface area contributed by atoms with Crippen molar-refractivity contribution < 1.29 is 22.7 Å². The van der Waals surface area contributed by atoms with Crippen LogP contribution in [0.5, 0.6) is 0 Å². The Labute approximate surface area is 207 Å². The molecule has 9 heteroatoms. The molecule has 0 spiro atoms. The van der Waals surface area contributed by atoms with E-state index in [1.807, 2.05) is 12.1 Å². The van der Waals surface area contributed by atoms with Crippen LogP contribution in [0.4, 0.5) is 18.3 Å². The lowest BCUT2D eigenvalue weighted by molar-refractivity contribution is -0.142. The summed E-state index contributed by atoms with van der Waals surface area (Å²) in [5, 5.41) is 0.786. The summed E-state index contributed by atoms with van der Waals surface area (Å²) in [6.45, 7) is 7.53. The fourth-order valence-electron chi connectivity index (χ4n) is 4.58. The molecule has 1 aliphatic rings. The molecule has 0 saturated carbocycles. The van der Waals surface area contributed by atoms with E-state index in [4.69, 9.17) is 4.74 Å². The van der Waals surface area contributed by atoms with E-state index in [1.165, 1.54) is 23.5 Å². The second kappa shape index (κ2) is 11.0. The number of thiazole rings is 1. The van der Waals surface area contributed by atoms with Crippen LogP contribution in [0.25, 0.3) is 10.2 Å². The van der Waals surface area contributed by atoms with E-state index >= 15 is 0 Å². The van der Waals surface area contributed by atoms with Crippen LogP contribution in [0.2, 0.25) is 0 Å². The maximum atomic E-state index is 13.1. The normalized spacial score (nSPS) is 17.2. The molecular formula is C26H30F3N3O2S. The van der Waals surface area contributed by atoms with Gasteiger partial charge in [0.2, 0.25) is 0 Å². The van der Waals surface area contributed by atoms with Gasteiger partial charge in [-0.1, -0.05) is 48.9 Å². The Morgan fingerprint density at radius 3 is 2.69 bits per heavy atom. The number of benzene rings is 2. The first-order valence-electron chi connectivity index (χ1n) is 12.0. The lowest BCUT2D eigenvalue weighted by atomic mass is 10.0. The van der Waals surface area contributed by atoms with Gasteiger partial charge in [0.05, 0.1) is 28.8 Å². The van der Waals surface area contributed by atoms with Crippen molar-refractivity contribution in [1.82, 2.24) is 9.88 Å². The first kappa shape index (κ1) is 25.4. The first-order chi connectivity index (χ1) is 16.8. The number of fused-ring (bicyclic) bond motifs is 1. The Morgan fingerprint density at radius 1 is 1.14 bits per heavy atom. The number of carbonyl (C=O) groups is 1. The van der Waals surface area contributed by atoms with Gasteiger partial charge >= 0.3 is 12.1 Å². The van der Waals surface area contributed by atoms with Crippen LogP contribution in [0.15, 0.2) is 42.5 Å². The van der Waals surface area contributed by atoms with E-state index in [0.29, 0.717) is 16.8 Å². The smallest absolute Gasteiger partial charge is 0.416 e. The molecule has 2 aromatic carbocycles. The zero-order chi connectivity index (χ0) is 25.0. The molecule has 0 unspecified atom stereocenters. The highest BCUT2D eigenvalue weighted by Gasteiger charge is 2.32. The number of halogens is 3. The van der Waals surface area contributed by atoms with Crippen molar-refractivity contribution >= 4 is 32.7 Å². The SMILES string of the molecule is CCC[C@@H]1CN(Cc2cccc(CC(=O)OCC)c2)CCN1c1nc2ccc(C(F)(F)F)cc2s1. The standard InChI is InChI=1S/C26H30F3N3O2S/c1-3-6-21-17-31(16-19-8-5-7-18(13-19)14-24(33)34-4-2)11-12-32(21)25-30-22-10-9-20(26(27,28)29)15-23(22)35-25/h5,7-10,13,15,21H,3-4,6,11-12,14,16-17H2,1-2H3/t21-/m1/s1. The summed E-state index contributed by atoms with van der Waals surface area (Å²) in [5.74, 6) is -0.223. The van der Waals surface area contributed by atoms with E-state index in [2.05, 4.69) is 33.8 Å². The van der Waals surface area contributed by atoms with E-state index in [1.54, 1.807) is 6.92 Å². The van der Waals surface area contributed by atoms with Crippen molar-refractivity contribution in [3.63, 3.8) is 0 Å². The third kappa shape index (κ3) is 6.32. The van der Waals surface area contributed by atoms with Crippen LogP contribution in [-0.4, -0.2) is 48.1 Å². The van der Waals surface area contributed by atoms with Crippen molar-refractivity contribution in [3.05, 3.63) is 59.2 Å². The molecule has 1 fully saturated rings. The third-order valence-electron chi connectivity index (χ3n) is 6.19. The van der Waals surface area contributed by atoms with Gasteiger partial charge in [-0.15, -0.1) is 0 Å². The minimum Gasteiger partial charge on any atom is -0.466 e. The molecule has 0 radical (unpaired) electrons. The highest BCUT2D eigenvalue weighted by molar-refractivity contribution is 7.22. The lowest BCUT2D eigenvalue weighted by Gasteiger charge is -2.41.